The Hall–Kier alpha value is -2.44. The number of nitrogens with two attached hydrogens (primary N) is 1. The van der Waals surface area contributed by atoms with Crippen LogP contribution in [0.5, 0.6) is 0 Å². The number of benzene rings is 1. The van der Waals surface area contributed by atoms with Crippen molar-refractivity contribution in [1.29, 1.82) is 0 Å². The van der Waals surface area contributed by atoms with Crippen LogP contribution in [-0.2, 0) is 0 Å². The molecule has 0 saturated heterocycles. The van der Waals surface area contributed by atoms with Crippen molar-refractivity contribution in [2.75, 3.05) is 12.3 Å². The smallest absolute Gasteiger partial charge is 0.292 e. The van der Waals surface area contributed by atoms with Gasteiger partial charge in [-0.2, -0.15) is 4.98 Å². The third-order valence-electron chi connectivity index (χ3n) is 2.19. The summed E-state index contributed by atoms with van der Waals surface area (Å²) in [4.78, 5) is 15.2. The Morgan fingerprint density at radius 2 is 2.33 bits per heavy atom. The maximum absolute atomic E-state index is 13.6. The van der Waals surface area contributed by atoms with Crippen molar-refractivity contribution in [2.45, 2.75) is 6.92 Å². The Balaban J connectivity index is 2.32. The van der Waals surface area contributed by atoms with E-state index in [1.807, 2.05) is 0 Å². The molecule has 0 spiro atoms. The summed E-state index contributed by atoms with van der Waals surface area (Å²) >= 11 is 0. The second-order valence-corrected chi connectivity index (χ2v) is 3.52. The fourth-order valence-corrected chi connectivity index (χ4v) is 1.37. The number of amides is 1. The van der Waals surface area contributed by atoms with Crippen molar-refractivity contribution in [3.8, 4) is 11.5 Å². The minimum absolute atomic E-state index is 0.0613. The second-order valence-electron chi connectivity index (χ2n) is 3.52. The van der Waals surface area contributed by atoms with Crippen LogP contribution < -0.4 is 11.1 Å². The van der Waals surface area contributed by atoms with E-state index in [1.54, 1.807) is 6.92 Å². The van der Waals surface area contributed by atoms with Crippen LogP contribution in [0, 0.1) is 5.82 Å². The number of nitrogens with one attached hydrogen (secondary N) is 1. The Kier molecular flexibility index (Phi) is 3.22. The van der Waals surface area contributed by atoms with Gasteiger partial charge < -0.3 is 15.6 Å². The van der Waals surface area contributed by atoms with Gasteiger partial charge in [-0.1, -0.05) is 5.16 Å². The third-order valence-corrected chi connectivity index (χ3v) is 2.19. The minimum atomic E-state index is -0.582. The van der Waals surface area contributed by atoms with Crippen molar-refractivity contribution >= 4 is 11.6 Å². The SMILES string of the molecule is CCNC(=O)c1noc(-c2ccc(N)cc2F)n1. The molecule has 2 aromatic rings. The lowest BCUT2D eigenvalue weighted by atomic mass is 10.2. The number of halogens is 1. The van der Waals surface area contributed by atoms with Gasteiger partial charge in [-0.3, -0.25) is 4.79 Å². The van der Waals surface area contributed by atoms with Crippen LogP contribution >= 0.6 is 0 Å². The molecule has 0 fully saturated rings. The van der Waals surface area contributed by atoms with E-state index in [1.165, 1.54) is 12.1 Å². The molecule has 1 amide bonds. The highest BCUT2D eigenvalue weighted by Crippen LogP contribution is 2.22. The Morgan fingerprint density at radius 3 is 3.00 bits per heavy atom. The third kappa shape index (κ3) is 2.29. The van der Waals surface area contributed by atoms with E-state index < -0.39 is 11.7 Å². The largest absolute Gasteiger partial charge is 0.399 e. The molecule has 0 atom stereocenters. The number of nitrogens with zero attached hydrogens (tertiary/aromatic N) is 2. The van der Waals surface area contributed by atoms with Crippen LogP contribution in [0.1, 0.15) is 17.5 Å². The van der Waals surface area contributed by atoms with Crippen LogP contribution in [0.15, 0.2) is 22.7 Å². The molecule has 0 unspecified atom stereocenters. The lowest BCUT2D eigenvalue weighted by Gasteiger charge is -1.98. The summed E-state index contributed by atoms with van der Waals surface area (Å²) in [5.41, 5.74) is 5.82. The summed E-state index contributed by atoms with van der Waals surface area (Å²) in [7, 11) is 0. The van der Waals surface area contributed by atoms with Gasteiger partial charge in [-0.15, -0.1) is 0 Å². The minimum Gasteiger partial charge on any atom is -0.399 e. The summed E-state index contributed by atoms with van der Waals surface area (Å²) < 4.78 is 18.4. The molecule has 7 heteroatoms. The van der Waals surface area contributed by atoms with Crippen LogP contribution in [-0.4, -0.2) is 22.6 Å². The fourth-order valence-electron chi connectivity index (χ4n) is 1.37. The molecular formula is C11H11FN4O2. The van der Waals surface area contributed by atoms with E-state index in [9.17, 15) is 9.18 Å². The maximum atomic E-state index is 13.6. The molecule has 1 aromatic heterocycles. The molecule has 0 radical (unpaired) electrons. The highest BCUT2D eigenvalue weighted by atomic mass is 19.1. The second kappa shape index (κ2) is 4.82. The monoisotopic (exact) mass is 250 g/mol. The molecular weight excluding hydrogens is 239 g/mol. The highest BCUT2D eigenvalue weighted by molar-refractivity contribution is 5.90. The molecule has 0 aliphatic heterocycles. The molecule has 2 rings (SSSR count). The molecule has 0 aliphatic carbocycles. The fraction of sp³-hybridized carbons (Fsp3) is 0.182. The van der Waals surface area contributed by atoms with E-state index in [-0.39, 0.29) is 17.3 Å². The average molecular weight is 250 g/mol. The number of hydrogen-bond acceptors (Lipinski definition) is 5. The summed E-state index contributed by atoms with van der Waals surface area (Å²) in [5, 5.41) is 5.99. The van der Waals surface area contributed by atoms with Gasteiger partial charge in [0.2, 0.25) is 0 Å². The molecule has 1 heterocycles. The Bertz CT molecular complexity index is 582. The summed E-state index contributed by atoms with van der Waals surface area (Å²) in [6.45, 7) is 2.21. The maximum Gasteiger partial charge on any atom is 0.292 e. The molecule has 3 N–H and O–H groups in total. The Labute approximate surface area is 102 Å². The van der Waals surface area contributed by atoms with Crippen molar-refractivity contribution in [1.82, 2.24) is 15.5 Å². The topological polar surface area (TPSA) is 94.0 Å². The number of nitrogen functional groups attached to an aromatic ring is 1. The van der Waals surface area contributed by atoms with Gasteiger partial charge in [0.15, 0.2) is 0 Å². The highest BCUT2D eigenvalue weighted by Gasteiger charge is 2.17. The summed E-state index contributed by atoms with van der Waals surface area (Å²) in [5.74, 6) is -1.25. The van der Waals surface area contributed by atoms with Crippen LogP contribution in [0.25, 0.3) is 11.5 Å². The summed E-state index contributed by atoms with van der Waals surface area (Å²) in [6.07, 6.45) is 0. The van der Waals surface area contributed by atoms with E-state index >= 15 is 0 Å². The molecule has 6 nitrogen and oxygen atoms in total. The first-order valence-electron chi connectivity index (χ1n) is 5.29. The number of aromatic nitrogens is 2. The average Bonchev–Trinajstić information content (AvgIpc) is 2.78. The van der Waals surface area contributed by atoms with Gasteiger partial charge in [0.05, 0.1) is 5.56 Å². The van der Waals surface area contributed by atoms with E-state index in [4.69, 9.17) is 10.3 Å². The van der Waals surface area contributed by atoms with Crippen molar-refractivity contribution < 1.29 is 13.7 Å². The first-order chi connectivity index (χ1) is 8.61. The molecule has 0 bridgehead atoms. The van der Waals surface area contributed by atoms with Gasteiger partial charge in [0, 0.05) is 12.2 Å². The van der Waals surface area contributed by atoms with Gasteiger partial charge in [-0.25, -0.2) is 4.39 Å². The standard InChI is InChI=1S/C11H11FN4O2/c1-2-14-10(17)9-15-11(18-16-9)7-4-3-6(13)5-8(7)12/h3-5H,2,13H2,1H3,(H,14,17). The van der Waals surface area contributed by atoms with E-state index in [2.05, 4.69) is 15.5 Å². The first-order valence-corrected chi connectivity index (χ1v) is 5.29. The number of rotatable bonds is 3. The zero-order valence-corrected chi connectivity index (χ0v) is 9.61. The summed E-state index contributed by atoms with van der Waals surface area (Å²) in [6, 6.07) is 4.07. The van der Waals surface area contributed by atoms with E-state index in [0.29, 0.717) is 12.2 Å². The normalized spacial score (nSPS) is 10.3. The van der Waals surface area contributed by atoms with Crippen molar-refractivity contribution in [3.63, 3.8) is 0 Å². The Morgan fingerprint density at radius 1 is 1.56 bits per heavy atom. The van der Waals surface area contributed by atoms with Gasteiger partial charge >= 0.3 is 0 Å². The molecule has 94 valence electrons. The lowest BCUT2D eigenvalue weighted by Crippen LogP contribution is -2.23. The molecule has 1 aromatic carbocycles. The first kappa shape index (κ1) is 12.0. The zero-order valence-electron chi connectivity index (χ0n) is 9.61. The molecule has 0 saturated carbocycles. The van der Waals surface area contributed by atoms with Crippen LogP contribution in [0.2, 0.25) is 0 Å². The predicted molar refractivity (Wildman–Crippen MR) is 62.1 cm³/mol. The molecule has 0 aliphatic rings. The van der Waals surface area contributed by atoms with Gasteiger partial charge in [0.25, 0.3) is 17.6 Å². The lowest BCUT2D eigenvalue weighted by molar-refractivity contribution is 0.0942. The number of anilines is 1. The van der Waals surface area contributed by atoms with Crippen molar-refractivity contribution in [3.05, 3.63) is 29.8 Å². The predicted octanol–water partition coefficient (Wildman–Crippen LogP) is 1.21. The van der Waals surface area contributed by atoms with Crippen LogP contribution in [0.4, 0.5) is 10.1 Å². The quantitative estimate of drug-likeness (QED) is 0.798. The number of carbonyl (C=O) groups excluding carboxylic acids is 1. The van der Waals surface area contributed by atoms with Gasteiger partial charge in [-0.05, 0) is 25.1 Å². The zero-order chi connectivity index (χ0) is 13.1. The van der Waals surface area contributed by atoms with Gasteiger partial charge in [0.1, 0.15) is 5.82 Å². The number of hydrogen-bond donors (Lipinski definition) is 2. The number of carbonyl (C=O) groups is 1. The van der Waals surface area contributed by atoms with E-state index in [0.717, 1.165) is 6.07 Å². The van der Waals surface area contributed by atoms with Crippen LogP contribution in [0.3, 0.4) is 0 Å². The molecule has 18 heavy (non-hydrogen) atoms. The van der Waals surface area contributed by atoms with Crippen molar-refractivity contribution in [2.24, 2.45) is 0 Å².